The van der Waals surface area contributed by atoms with Crippen LogP contribution in [0.4, 0.5) is 5.69 Å². The van der Waals surface area contributed by atoms with Crippen LogP contribution >= 0.6 is 0 Å². The molecule has 1 heterocycles. The molecule has 2 aromatic rings. The van der Waals surface area contributed by atoms with Crippen LogP contribution in [-0.2, 0) is 11.2 Å². The number of nitrogens with zero attached hydrogens (tertiary/aromatic N) is 1. The number of carbonyl (C=O) groups is 1. The summed E-state index contributed by atoms with van der Waals surface area (Å²) >= 11 is 0. The number of anilines is 1. The van der Waals surface area contributed by atoms with Crippen LogP contribution in [0.5, 0.6) is 11.6 Å². The van der Waals surface area contributed by atoms with Crippen molar-refractivity contribution in [3.8, 4) is 11.6 Å². The predicted molar refractivity (Wildman–Crippen MR) is 80.7 cm³/mol. The van der Waals surface area contributed by atoms with E-state index in [0.29, 0.717) is 24.4 Å². The lowest BCUT2D eigenvalue weighted by atomic mass is 10.1. The Morgan fingerprint density at radius 1 is 1.19 bits per heavy atom. The zero-order chi connectivity index (χ0) is 15.1. The highest BCUT2D eigenvalue weighted by Crippen LogP contribution is 2.15. The Morgan fingerprint density at radius 2 is 2.05 bits per heavy atom. The molecule has 5 nitrogen and oxygen atoms in total. The Hall–Kier alpha value is -2.56. The Labute approximate surface area is 123 Å². The van der Waals surface area contributed by atoms with Crippen LogP contribution in [0.25, 0.3) is 0 Å². The molecule has 110 valence electrons. The summed E-state index contributed by atoms with van der Waals surface area (Å²) in [7, 11) is 3.18. The van der Waals surface area contributed by atoms with Crippen LogP contribution in [-0.4, -0.2) is 25.1 Å². The van der Waals surface area contributed by atoms with E-state index in [0.717, 1.165) is 11.3 Å². The average molecular weight is 286 g/mol. The van der Waals surface area contributed by atoms with Gasteiger partial charge in [-0.3, -0.25) is 4.79 Å². The maximum atomic E-state index is 11.9. The van der Waals surface area contributed by atoms with Gasteiger partial charge in [0.15, 0.2) is 0 Å². The van der Waals surface area contributed by atoms with Crippen molar-refractivity contribution in [1.82, 2.24) is 4.98 Å². The summed E-state index contributed by atoms with van der Waals surface area (Å²) < 4.78 is 10.1. The summed E-state index contributed by atoms with van der Waals surface area (Å²) in [6.45, 7) is 0. The van der Waals surface area contributed by atoms with E-state index in [9.17, 15) is 4.79 Å². The first kappa shape index (κ1) is 14.8. The minimum Gasteiger partial charge on any atom is -0.497 e. The lowest BCUT2D eigenvalue weighted by molar-refractivity contribution is -0.116. The molecule has 0 bridgehead atoms. The quantitative estimate of drug-likeness (QED) is 0.887. The zero-order valence-corrected chi connectivity index (χ0v) is 12.1. The lowest BCUT2D eigenvalue weighted by Crippen LogP contribution is -2.12. The molecule has 0 aliphatic rings. The minimum atomic E-state index is -0.0511. The molecule has 0 spiro atoms. The molecule has 0 fully saturated rings. The molecular formula is C16H18N2O3. The third kappa shape index (κ3) is 4.49. The van der Waals surface area contributed by atoms with Crippen LogP contribution < -0.4 is 14.8 Å². The number of aromatic nitrogens is 1. The summed E-state index contributed by atoms with van der Waals surface area (Å²) in [5.41, 5.74) is 1.73. The first-order valence-electron chi connectivity index (χ1n) is 6.64. The van der Waals surface area contributed by atoms with Gasteiger partial charge >= 0.3 is 0 Å². The fraction of sp³-hybridized carbons (Fsp3) is 0.250. The van der Waals surface area contributed by atoms with E-state index >= 15 is 0 Å². The molecular weight excluding hydrogens is 268 g/mol. The normalized spacial score (nSPS) is 10.0. The van der Waals surface area contributed by atoms with Crippen LogP contribution in [0.3, 0.4) is 0 Å². The molecule has 2 rings (SSSR count). The fourth-order valence-electron chi connectivity index (χ4n) is 1.88. The molecule has 0 saturated carbocycles. The first-order valence-corrected chi connectivity index (χ1v) is 6.64. The number of methoxy groups -OCH3 is 2. The summed E-state index contributed by atoms with van der Waals surface area (Å²) in [5, 5.41) is 2.80. The summed E-state index contributed by atoms with van der Waals surface area (Å²) in [6, 6.07) is 11.2. The minimum absolute atomic E-state index is 0.0511. The molecule has 0 saturated heterocycles. The molecule has 1 aromatic heterocycles. The second kappa shape index (κ2) is 7.28. The van der Waals surface area contributed by atoms with Gasteiger partial charge in [0.1, 0.15) is 5.75 Å². The molecule has 0 unspecified atom stereocenters. The van der Waals surface area contributed by atoms with Gasteiger partial charge in [0.25, 0.3) is 0 Å². The Bertz CT molecular complexity index is 597. The number of hydrogen-bond acceptors (Lipinski definition) is 4. The van der Waals surface area contributed by atoms with E-state index in [4.69, 9.17) is 9.47 Å². The number of aryl methyl sites for hydroxylation is 1. The number of hydrogen-bond donors (Lipinski definition) is 1. The van der Waals surface area contributed by atoms with Gasteiger partial charge in [-0.15, -0.1) is 0 Å². The number of pyridine rings is 1. The summed E-state index contributed by atoms with van der Waals surface area (Å²) in [4.78, 5) is 15.9. The van der Waals surface area contributed by atoms with Crippen LogP contribution in [0.2, 0.25) is 0 Å². The highest BCUT2D eigenvalue weighted by Gasteiger charge is 2.04. The van der Waals surface area contributed by atoms with Gasteiger partial charge in [0.2, 0.25) is 11.8 Å². The summed E-state index contributed by atoms with van der Waals surface area (Å²) in [6.07, 6.45) is 2.63. The largest absolute Gasteiger partial charge is 0.497 e. The van der Waals surface area contributed by atoms with Gasteiger partial charge in [-0.05, 0) is 30.2 Å². The second-order valence-corrected chi connectivity index (χ2v) is 4.49. The van der Waals surface area contributed by atoms with Gasteiger partial charge < -0.3 is 14.8 Å². The van der Waals surface area contributed by atoms with Crippen molar-refractivity contribution in [1.29, 1.82) is 0 Å². The zero-order valence-electron chi connectivity index (χ0n) is 12.1. The van der Waals surface area contributed by atoms with Crippen molar-refractivity contribution in [3.63, 3.8) is 0 Å². The van der Waals surface area contributed by atoms with Gasteiger partial charge in [-0.25, -0.2) is 4.98 Å². The highest BCUT2D eigenvalue weighted by atomic mass is 16.5. The number of carbonyl (C=O) groups excluding carboxylic acids is 1. The van der Waals surface area contributed by atoms with Crippen molar-refractivity contribution >= 4 is 11.6 Å². The van der Waals surface area contributed by atoms with E-state index in [1.165, 1.54) is 0 Å². The monoisotopic (exact) mass is 286 g/mol. The van der Waals surface area contributed by atoms with Crippen LogP contribution in [0.1, 0.15) is 12.0 Å². The number of benzene rings is 1. The molecule has 0 aliphatic heterocycles. The molecule has 1 aromatic carbocycles. The standard InChI is InChI=1S/C16H18N2O3/c1-20-14-5-3-4-12(10-14)6-8-15(19)18-13-7-9-16(21-2)17-11-13/h3-5,7,9-11H,6,8H2,1-2H3,(H,18,19). The molecule has 1 amide bonds. The van der Waals surface area contributed by atoms with Crippen molar-refractivity contribution in [2.45, 2.75) is 12.8 Å². The summed E-state index contributed by atoms with van der Waals surface area (Å²) in [5.74, 6) is 1.27. The Morgan fingerprint density at radius 3 is 2.71 bits per heavy atom. The molecule has 1 N–H and O–H groups in total. The molecule has 0 atom stereocenters. The number of amides is 1. The fourth-order valence-corrected chi connectivity index (χ4v) is 1.88. The van der Waals surface area contributed by atoms with Crippen molar-refractivity contribution in [2.24, 2.45) is 0 Å². The maximum absolute atomic E-state index is 11.9. The lowest BCUT2D eigenvalue weighted by Gasteiger charge is -2.06. The first-order chi connectivity index (χ1) is 10.2. The third-order valence-corrected chi connectivity index (χ3v) is 3.00. The van der Waals surface area contributed by atoms with Gasteiger partial charge in [-0.2, -0.15) is 0 Å². The van der Waals surface area contributed by atoms with Gasteiger partial charge in [0.05, 0.1) is 26.1 Å². The number of nitrogens with one attached hydrogen (secondary N) is 1. The predicted octanol–water partition coefficient (Wildman–Crippen LogP) is 2.67. The SMILES string of the molecule is COc1cccc(CCC(=O)Nc2ccc(OC)nc2)c1. The number of ether oxygens (including phenoxy) is 2. The smallest absolute Gasteiger partial charge is 0.224 e. The molecule has 21 heavy (non-hydrogen) atoms. The van der Waals surface area contributed by atoms with Crippen LogP contribution in [0.15, 0.2) is 42.6 Å². The molecule has 0 aliphatic carbocycles. The second-order valence-electron chi connectivity index (χ2n) is 4.49. The highest BCUT2D eigenvalue weighted by molar-refractivity contribution is 5.90. The van der Waals surface area contributed by atoms with E-state index in [2.05, 4.69) is 10.3 Å². The van der Waals surface area contributed by atoms with Crippen LogP contribution in [0, 0.1) is 0 Å². The van der Waals surface area contributed by atoms with E-state index in [1.807, 2.05) is 24.3 Å². The van der Waals surface area contributed by atoms with E-state index in [-0.39, 0.29) is 5.91 Å². The Kier molecular flexibility index (Phi) is 5.15. The van der Waals surface area contributed by atoms with Gasteiger partial charge in [-0.1, -0.05) is 12.1 Å². The topological polar surface area (TPSA) is 60.5 Å². The van der Waals surface area contributed by atoms with E-state index < -0.39 is 0 Å². The average Bonchev–Trinajstić information content (AvgIpc) is 2.54. The Balaban J connectivity index is 1.86. The number of rotatable bonds is 6. The third-order valence-electron chi connectivity index (χ3n) is 3.00. The maximum Gasteiger partial charge on any atom is 0.224 e. The van der Waals surface area contributed by atoms with E-state index in [1.54, 1.807) is 32.5 Å². The molecule has 5 heteroatoms. The van der Waals surface area contributed by atoms with Crippen molar-refractivity contribution in [2.75, 3.05) is 19.5 Å². The van der Waals surface area contributed by atoms with Crippen molar-refractivity contribution < 1.29 is 14.3 Å². The van der Waals surface area contributed by atoms with Gasteiger partial charge in [0, 0.05) is 12.5 Å². The van der Waals surface area contributed by atoms with Crippen molar-refractivity contribution in [3.05, 3.63) is 48.2 Å². The molecule has 0 radical (unpaired) electrons.